The van der Waals surface area contributed by atoms with Crippen molar-refractivity contribution in [2.24, 2.45) is 0 Å². The number of cyclic esters (lactones) is 1. The van der Waals surface area contributed by atoms with E-state index in [1.165, 1.54) is 12.8 Å². The Labute approximate surface area is 96.2 Å². The Kier molecular flexibility index (Phi) is 3.66. The molecule has 4 heteroatoms. The molecular formula is C12H18N2O2. The van der Waals surface area contributed by atoms with Crippen molar-refractivity contribution in [3.05, 3.63) is 0 Å². The first-order valence-corrected chi connectivity index (χ1v) is 6.17. The second-order valence-corrected chi connectivity index (χ2v) is 4.60. The van der Waals surface area contributed by atoms with Crippen LogP contribution in [0.25, 0.3) is 0 Å². The molecule has 2 aliphatic rings. The van der Waals surface area contributed by atoms with Gasteiger partial charge in [-0.2, -0.15) is 5.26 Å². The summed E-state index contributed by atoms with van der Waals surface area (Å²) < 4.78 is 5.05. The maximum Gasteiger partial charge on any atom is 0.411 e. The molecule has 0 bridgehead atoms. The molecule has 0 radical (unpaired) electrons. The van der Waals surface area contributed by atoms with E-state index in [9.17, 15) is 4.79 Å². The molecule has 0 aromatic rings. The van der Waals surface area contributed by atoms with Crippen molar-refractivity contribution in [2.45, 2.75) is 57.0 Å². The number of carbonyl (C=O) groups excluding carboxylic acids is 1. The molecule has 1 amide bonds. The zero-order valence-corrected chi connectivity index (χ0v) is 9.52. The van der Waals surface area contributed by atoms with Gasteiger partial charge in [0.05, 0.1) is 12.7 Å². The number of rotatable bonds is 1. The average molecular weight is 222 g/mol. The molecule has 1 aliphatic heterocycles. The average Bonchev–Trinajstić information content (AvgIpc) is 2.57. The third-order valence-electron chi connectivity index (χ3n) is 3.53. The van der Waals surface area contributed by atoms with Gasteiger partial charge in [0, 0.05) is 12.5 Å². The Balaban J connectivity index is 2.08. The highest BCUT2D eigenvalue weighted by atomic mass is 16.6. The molecule has 0 aromatic carbocycles. The van der Waals surface area contributed by atoms with Crippen molar-refractivity contribution >= 4 is 6.09 Å². The third kappa shape index (κ3) is 2.29. The Morgan fingerprint density at radius 2 is 1.88 bits per heavy atom. The first-order chi connectivity index (χ1) is 7.83. The fourth-order valence-electron chi connectivity index (χ4n) is 2.67. The van der Waals surface area contributed by atoms with Crippen LogP contribution in [0.4, 0.5) is 4.79 Å². The molecule has 1 saturated carbocycles. The van der Waals surface area contributed by atoms with Crippen molar-refractivity contribution in [3.63, 3.8) is 0 Å². The van der Waals surface area contributed by atoms with Gasteiger partial charge in [0.25, 0.3) is 0 Å². The van der Waals surface area contributed by atoms with Gasteiger partial charge in [-0.15, -0.1) is 0 Å². The fraction of sp³-hybridized carbons (Fsp3) is 0.833. The molecule has 0 aromatic heterocycles. The minimum absolute atomic E-state index is 0.222. The quantitative estimate of drug-likeness (QED) is 0.640. The molecule has 0 N–H and O–H groups in total. The van der Waals surface area contributed by atoms with Crippen LogP contribution in [-0.4, -0.2) is 29.7 Å². The summed E-state index contributed by atoms with van der Waals surface area (Å²) >= 11 is 0. The molecule has 0 spiro atoms. The normalized spacial score (nSPS) is 28.1. The maximum atomic E-state index is 11.7. The van der Waals surface area contributed by atoms with Crippen LogP contribution in [0.15, 0.2) is 0 Å². The van der Waals surface area contributed by atoms with Crippen LogP contribution in [0, 0.1) is 11.3 Å². The summed E-state index contributed by atoms with van der Waals surface area (Å²) in [5.41, 5.74) is 0. The van der Waals surface area contributed by atoms with Gasteiger partial charge in [-0.3, -0.25) is 4.90 Å². The summed E-state index contributed by atoms with van der Waals surface area (Å²) in [4.78, 5) is 13.4. The SMILES string of the molecule is N#CC1CCOC(=O)N1C1CCCCCC1. The molecule has 2 rings (SSSR count). The van der Waals surface area contributed by atoms with E-state index in [1.807, 2.05) is 0 Å². The molecule has 16 heavy (non-hydrogen) atoms. The van der Waals surface area contributed by atoms with E-state index in [1.54, 1.807) is 4.90 Å². The van der Waals surface area contributed by atoms with Gasteiger partial charge in [-0.1, -0.05) is 25.7 Å². The Morgan fingerprint density at radius 1 is 1.19 bits per heavy atom. The third-order valence-corrected chi connectivity index (χ3v) is 3.53. The predicted molar refractivity (Wildman–Crippen MR) is 58.7 cm³/mol. The van der Waals surface area contributed by atoms with Gasteiger partial charge >= 0.3 is 6.09 Å². The lowest BCUT2D eigenvalue weighted by atomic mass is 10.0. The lowest BCUT2D eigenvalue weighted by Gasteiger charge is -2.36. The number of amides is 1. The number of ether oxygens (including phenoxy) is 1. The smallest absolute Gasteiger partial charge is 0.411 e. The summed E-state index contributed by atoms with van der Waals surface area (Å²) in [5.74, 6) is 0. The predicted octanol–water partition coefficient (Wildman–Crippen LogP) is 2.44. The molecule has 2 fully saturated rings. The molecule has 88 valence electrons. The first-order valence-electron chi connectivity index (χ1n) is 6.17. The number of carbonyl (C=O) groups is 1. The second-order valence-electron chi connectivity index (χ2n) is 4.60. The Morgan fingerprint density at radius 3 is 2.50 bits per heavy atom. The lowest BCUT2D eigenvalue weighted by molar-refractivity contribution is 0.0351. The van der Waals surface area contributed by atoms with Crippen LogP contribution in [0.3, 0.4) is 0 Å². The van der Waals surface area contributed by atoms with Crippen LogP contribution < -0.4 is 0 Å². The van der Waals surface area contributed by atoms with Crippen LogP contribution in [-0.2, 0) is 4.74 Å². The summed E-state index contributed by atoms with van der Waals surface area (Å²) in [6.45, 7) is 0.389. The number of hydrogen-bond acceptors (Lipinski definition) is 3. The second kappa shape index (κ2) is 5.20. The molecule has 1 unspecified atom stereocenters. The van der Waals surface area contributed by atoms with E-state index >= 15 is 0 Å². The van der Waals surface area contributed by atoms with Gasteiger partial charge in [-0.25, -0.2) is 4.79 Å². The van der Waals surface area contributed by atoms with E-state index in [4.69, 9.17) is 10.00 Å². The molecule has 1 atom stereocenters. The highest BCUT2D eigenvalue weighted by Crippen LogP contribution is 2.26. The first kappa shape index (κ1) is 11.3. The van der Waals surface area contributed by atoms with Gasteiger partial charge in [0.2, 0.25) is 0 Å². The standard InChI is InChI=1S/C12H18N2O2/c13-9-11-7-8-16-12(15)14(11)10-5-3-1-2-4-6-10/h10-11H,1-8H2. The fourth-order valence-corrected chi connectivity index (χ4v) is 2.67. The summed E-state index contributed by atoms with van der Waals surface area (Å²) in [6, 6.07) is 2.18. The summed E-state index contributed by atoms with van der Waals surface area (Å²) in [5, 5.41) is 9.08. The van der Waals surface area contributed by atoms with Gasteiger partial charge in [0.1, 0.15) is 6.04 Å². The molecule has 1 aliphatic carbocycles. The van der Waals surface area contributed by atoms with E-state index in [0.717, 1.165) is 25.7 Å². The summed E-state index contributed by atoms with van der Waals surface area (Å²) in [6.07, 6.45) is 7.22. The minimum atomic E-state index is -0.287. The minimum Gasteiger partial charge on any atom is -0.449 e. The van der Waals surface area contributed by atoms with Crippen LogP contribution in [0.2, 0.25) is 0 Å². The topological polar surface area (TPSA) is 53.3 Å². The highest BCUT2D eigenvalue weighted by molar-refractivity contribution is 5.69. The van der Waals surface area contributed by atoms with Gasteiger partial charge in [0.15, 0.2) is 0 Å². The van der Waals surface area contributed by atoms with Crippen molar-refractivity contribution in [3.8, 4) is 6.07 Å². The monoisotopic (exact) mass is 222 g/mol. The van der Waals surface area contributed by atoms with Crippen LogP contribution in [0.5, 0.6) is 0 Å². The maximum absolute atomic E-state index is 11.7. The highest BCUT2D eigenvalue weighted by Gasteiger charge is 2.35. The molecule has 1 heterocycles. The summed E-state index contributed by atoms with van der Waals surface area (Å²) in [7, 11) is 0. The molecular weight excluding hydrogens is 204 g/mol. The van der Waals surface area contributed by atoms with Crippen molar-refractivity contribution in [1.82, 2.24) is 4.90 Å². The van der Waals surface area contributed by atoms with Crippen LogP contribution >= 0.6 is 0 Å². The van der Waals surface area contributed by atoms with E-state index in [-0.39, 0.29) is 18.2 Å². The van der Waals surface area contributed by atoms with Gasteiger partial charge < -0.3 is 4.74 Å². The molecule has 4 nitrogen and oxygen atoms in total. The number of hydrogen-bond donors (Lipinski definition) is 0. The molecule has 1 saturated heterocycles. The van der Waals surface area contributed by atoms with Gasteiger partial charge in [-0.05, 0) is 12.8 Å². The van der Waals surface area contributed by atoms with Crippen molar-refractivity contribution < 1.29 is 9.53 Å². The van der Waals surface area contributed by atoms with Crippen molar-refractivity contribution in [1.29, 1.82) is 5.26 Å². The Hall–Kier alpha value is -1.24. The number of nitriles is 1. The Bertz CT molecular complexity index is 290. The van der Waals surface area contributed by atoms with Crippen LogP contribution in [0.1, 0.15) is 44.9 Å². The number of nitrogens with zero attached hydrogens (tertiary/aromatic N) is 2. The van der Waals surface area contributed by atoms with E-state index in [0.29, 0.717) is 13.0 Å². The zero-order valence-electron chi connectivity index (χ0n) is 9.52. The van der Waals surface area contributed by atoms with Crippen molar-refractivity contribution in [2.75, 3.05) is 6.61 Å². The van der Waals surface area contributed by atoms with E-state index in [2.05, 4.69) is 6.07 Å². The van der Waals surface area contributed by atoms with E-state index < -0.39 is 0 Å². The largest absolute Gasteiger partial charge is 0.449 e. The lowest BCUT2D eigenvalue weighted by Crippen LogP contribution is -2.50. The zero-order chi connectivity index (χ0) is 11.4.